The molecule has 0 heterocycles. The highest BCUT2D eigenvalue weighted by Crippen LogP contribution is 2.28. The molecule has 1 fully saturated rings. The lowest BCUT2D eigenvalue weighted by Crippen LogP contribution is -2.42. The van der Waals surface area contributed by atoms with E-state index in [1.807, 2.05) is 6.92 Å². The molecule has 0 unspecified atom stereocenters. The van der Waals surface area contributed by atoms with E-state index in [9.17, 15) is 4.79 Å². The minimum atomic E-state index is 0. The van der Waals surface area contributed by atoms with Crippen molar-refractivity contribution in [2.75, 3.05) is 32.7 Å². The van der Waals surface area contributed by atoms with Gasteiger partial charge in [0.15, 0.2) is 5.96 Å². The molecule has 7 heteroatoms. The molecule has 22 heavy (non-hydrogen) atoms. The third kappa shape index (κ3) is 11.1. The zero-order valence-electron chi connectivity index (χ0n) is 14.3. The highest BCUT2D eigenvalue weighted by Gasteiger charge is 2.28. The van der Waals surface area contributed by atoms with E-state index in [-0.39, 0.29) is 41.3 Å². The fraction of sp³-hybridized carbons (Fsp3) is 0.867. The van der Waals surface area contributed by atoms with E-state index in [2.05, 4.69) is 47.0 Å². The number of halogens is 1. The maximum atomic E-state index is 11.5. The molecule has 1 amide bonds. The Balaban J connectivity index is 0.00000441. The zero-order chi connectivity index (χ0) is 15.7. The molecule has 0 atom stereocenters. The smallest absolute Gasteiger partial charge is 0.223 e. The van der Waals surface area contributed by atoms with Gasteiger partial charge < -0.3 is 21.3 Å². The molecule has 0 aliphatic heterocycles. The van der Waals surface area contributed by atoms with E-state index in [4.69, 9.17) is 0 Å². The topological polar surface area (TPSA) is 77.6 Å². The van der Waals surface area contributed by atoms with Crippen LogP contribution in [0.4, 0.5) is 0 Å². The van der Waals surface area contributed by atoms with Crippen LogP contribution in [0.25, 0.3) is 0 Å². The number of aliphatic imine (C=N–C) groups is 1. The van der Waals surface area contributed by atoms with Gasteiger partial charge in [0, 0.05) is 37.6 Å². The van der Waals surface area contributed by atoms with Gasteiger partial charge in [0.05, 0.1) is 6.54 Å². The first-order valence-corrected chi connectivity index (χ1v) is 7.97. The van der Waals surface area contributed by atoms with Gasteiger partial charge in [0.2, 0.25) is 5.91 Å². The molecule has 1 saturated carbocycles. The first kappa shape index (κ1) is 21.4. The Morgan fingerprint density at radius 3 is 2.27 bits per heavy atom. The van der Waals surface area contributed by atoms with Crippen LogP contribution < -0.4 is 21.3 Å². The molecule has 0 bridgehead atoms. The van der Waals surface area contributed by atoms with Gasteiger partial charge in [-0.3, -0.25) is 9.79 Å². The third-order valence-electron chi connectivity index (χ3n) is 3.05. The van der Waals surface area contributed by atoms with Crippen LogP contribution in [0.5, 0.6) is 0 Å². The van der Waals surface area contributed by atoms with Crippen LogP contribution in [0, 0.1) is 5.92 Å². The summed E-state index contributed by atoms with van der Waals surface area (Å²) in [7, 11) is 0. The maximum absolute atomic E-state index is 11.5. The molecule has 0 saturated heterocycles. The highest BCUT2D eigenvalue weighted by molar-refractivity contribution is 14.0. The van der Waals surface area contributed by atoms with Gasteiger partial charge in [-0.25, -0.2) is 0 Å². The van der Waals surface area contributed by atoms with Crippen LogP contribution in [-0.2, 0) is 4.79 Å². The van der Waals surface area contributed by atoms with Crippen LogP contribution in [-0.4, -0.2) is 50.1 Å². The van der Waals surface area contributed by atoms with Crippen molar-refractivity contribution < 1.29 is 4.79 Å². The molecule has 0 aromatic heterocycles. The van der Waals surface area contributed by atoms with E-state index in [1.54, 1.807) is 0 Å². The fourth-order valence-electron chi connectivity index (χ4n) is 1.80. The zero-order valence-corrected chi connectivity index (χ0v) is 16.6. The molecule has 0 radical (unpaired) electrons. The molecule has 0 spiro atoms. The maximum Gasteiger partial charge on any atom is 0.223 e. The van der Waals surface area contributed by atoms with Crippen molar-refractivity contribution in [1.82, 2.24) is 21.3 Å². The number of carbonyl (C=O) groups excluding carboxylic acids is 1. The van der Waals surface area contributed by atoms with Gasteiger partial charge in [-0.15, -0.1) is 24.0 Å². The molecule has 1 aliphatic rings. The van der Waals surface area contributed by atoms with Crippen molar-refractivity contribution in [1.29, 1.82) is 0 Å². The Labute approximate surface area is 151 Å². The van der Waals surface area contributed by atoms with Crippen LogP contribution in [0.3, 0.4) is 0 Å². The molecule has 1 rings (SSSR count). The molecule has 6 nitrogen and oxygen atoms in total. The number of nitrogens with zero attached hydrogens (tertiary/aromatic N) is 1. The lowest BCUT2D eigenvalue weighted by molar-refractivity contribution is -0.122. The first-order chi connectivity index (χ1) is 9.92. The third-order valence-corrected chi connectivity index (χ3v) is 3.05. The summed E-state index contributed by atoms with van der Waals surface area (Å²) in [5.41, 5.74) is 0.119. The number of rotatable bonds is 8. The summed E-state index contributed by atoms with van der Waals surface area (Å²) in [6, 6.07) is 0. The normalized spacial score (nSPS) is 15.0. The molecule has 0 aromatic carbocycles. The van der Waals surface area contributed by atoms with Crippen LogP contribution in [0.2, 0.25) is 0 Å². The quantitative estimate of drug-likeness (QED) is 0.203. The number of hydrogen-bond donors (Lipinski definition) is 4. The summed E-state index contributed by atoms with van der Waals surface area (Å²) in [4.78, 5) is 16.0. The number of carbonyl (C=O) groups is 1. The van der Waals surface area contributed by atoms with Gasteiger partial charge in [0.25, 0.3) is 0 Å². The van der Waals surface area contributed by atoms with Crippen molar-refractivity contribution in [3.63, 3.8) is 0 Å². The van der Waals surface area contributed by atoms with Crippen LogP contribution >= 0.6 is 24.0 Å². The Morgan fingerprint density at radius 2 is 1.73 bits per heavy atom. The van der Waals surface area contributed by atoms with E-state index in [1.165, 1.54) is 0 Å². The average molecular weight is 425 g/mol. The van der Waals surface area contributed by atoms with Crippen molar-refractivity contribution in [2.45, 2.75) is 46.1 Å². The monoisotopic (exact) mass is 425 g/mol. The van der Waals surface area contributed by atoms with E-state index >= 15 is 0 Å². The van der Waals surface area contributed by atoms with Gasteiger partial charge in [-0.2, -0.15) is 0 Å². The average Bonchev–Trinajstić information content (AvgIpc) is 3.22. The first-order valence-electron chi connectivity index (χ1n) is 7.97. The molecule has 4 N–H and O–H groups in total. The summed E-state index contributed by atoms with van der Waals surface area (Å²) in [6.07, 6.45) is 2.09. The van der Waals surface area contributed by atoms with E-state index in [0.29, 0.717) is 13.1 Å². The summed E-state index contributed by atoms with van der Waals surface area (Å²) in [6.45, 7) is 12.2. The van der Waals surface area contributed by atoms with Gasteiger partial charge >= 0.3 is 0 Å². The van der Waals surface area contributed by atoms with E-state index in [0.717, 1.165) is 38.4 Å². The molecular weight excluding hydrogens is 393 g/mol. The van der Waals surface area contributed by atoms with Crippen LogP contribution in [0.1, 0.15) is 40.5 Å². The van der Waals surface area contributed by atoms with Gasteiger partial charge in [-0.1, -0.05) is 0 Å². The van der Waals surface area contributed by atoms with Gasteiger partial charge in [-0.05, 0) is 40.5 Å². The van der Waals surface area contributed by atoms with Crippen LogP contribution in [0.15, 0.2) is 4.99 Å². The second-order valence-electron chi connectivity index (χ2n) is 6.43. The predicted molar refractivity (Wildman–Crippen MR) is 103 cm³/mol. The second-order valence-corrected chi connectivity index (χ2v) is 6.43. The van der Waals surface area contributed by atoms with Gasteiger partial charge in [0.1, 0.15) is 0 Å². The molecule has 0 aromatic rings. The summed E-state index contributed by atoms with van der Waals surface area (Å²) in [5, 5.41) is 12.8. The van der Waals surface area contributed by atoms with Crippen molar-refractivity contribution in [3.05, 3.63) is 0 Å². The lowest BCUT2D eigenvalue weighted by Gasteiger charge is -2.20. The minimum Gasteiger partial charge on any atom is -0.357 e. The Morgan fingerprint density at radius 1 is 1.09 bits per heavy atom. The number of hydrogen-bond acceptors (Lipinski definition) is 3. The Hall–Kier alpha value is -0.570. The summed E-state index contributed by atoms with van der Waals surface area (Å²) < 4.78 is 0. The largest absolute Gasteiger partial charge is 0.357 e. The molecular formula is C15H32IN5O. The van der Waals surface area contributed by atoms with E-state index < -0.39 is 0 Å². The molecule has 130 valence electrons. The second kappa shape index (κ2) is 11.0. The highest BCUT2D eigenvalue weighted by atomic mass is 127. The standard InChI is InChI=1S/C15H31N5O.HI/c1-5-16-14(19-10-11-20-15(2,3)4)18-9-8-17-13(21)12-6-7-12;/h12,20H,5-11H2,1-4H3,(H,17,21)(H2,16,18,19);1H. The number of nitrogens with one attached hydrogen (secondary N) is 4. The number of amides is 1. The number of guanidine groups is 1. The fourth-order valence-corrected chi connectivity index (χ4v) is 1.80. The molecule has 1 aliphatic carbocycles. The van der Waals surface area contributed by atoms with Crippen molar-refractivity contribution >= 4 is 35.8 Å². The SMILES string of the molecule is CCNC(=NCCNC(C)(C)C)NCCNC(=O)C1CC1.I. The Kier molecular flexibility index (Phi) is 10.8. The van der Waals surface area contributed by atoms with Crippen molar-refractivity contribution in [3.8, 4) is 0 Å². The lowest BCUT2D eigenvalue weighted by atomic mass is 10.1. The minimum absolute atomic E-state index is 0. The predicted octanol–water partition coefficient (Wildman–Crippen LogP) is 1.07. The summed E-state index contributed by atoms with van der Waals surface area (Å²) in [5.74, 6) is 1.26. The summed E-state index contributed by atoms with van der Waals surface area (Å²) >= 11 is 0. The Bertz CT molecular complexity index is 350. The van der Waals surface area contributed by atoms with Crippen molar-refractivity contribution in [2.24, 2.45) is 10.9 Å².